The number of likely N-dealkylation sites (tertiary alicyclic amines) is 2. The van der Waals surface area contributed by atoms with Crippen LogP contribution in [0.1, 0.15) is 22.3 Å². The summed E-state index contributed by atoms with van der Waals surface area (Å²) in [5.74, 6) is -1.69. The molecule has 2 aliphatic rings. The molecule has 2 heterocycles. The second kappa shape index (κ2) is 7.60. The van der Waals surface area contributed by atoms with Crippen molar-refractivity contribution in [2.24, 2.45) is 11.3 Å². The van der Waals surface area contributed by atoms with Gasteiger partial charge in [-0.1, -0.05) is 30.3 Å². The van der Waals surface area contributed by atoms with E-state index in [0.717, 1.165) is 31.6 Å². The average Bonchev–Trinajstić information content (AvgIpc) is 3.06. The molecule has 0 bridgehead atoms. The summed E-state index contributed by atoms with van der Waals surface area (Å²) in [6, 6.07) is 13.2. The molecule has 2 aromatic rings. The van der Waals surface area contributed by atoms with Crippen LogP contribution in [0.4, 0.5) is 8.78 Å². The minimum absolute atomic E-state index is 0.0152. The van der Waals surface area contributed by atoms with Crippen LogP contribution >= 0.6 is 0 Å². The third-order valence-corrected chi connectivity index (χ3v) is 6.15. The SMILES string of the molecule is O=C(c1ccc(F)cc1F)N1CC[C@H]2CN(Cc3ccccc3)C[C@@]2(CO)C1. The quantitative estimate of drug-likeness (QED) is 0.879. The monoisotopic (exact) mass is 386 g/mol. The molecule has 4 nitrogen and oxygen atoms in total. The van der Waals surface area contributed by atoms with Gasteiger partial charge in [0, 0.05) is 44.2 Å². The van der Waals surface area contributed by atoms with Gasteiger partial charge in [-0.05, 0) is 30.0 Å². The van der Waals surface area contributed by atoms with Gasteiger partial charge < -0.3 is 10.0 Å². The third kappa shape index (κ3) is 3.54. The Bertz CT molecular complexity index is 861. The summed E-state index contributed by atoms with van der Waals surface area (Å²) in [6.45, 7) is 3.26. The number of rotatable bonds is 4. The van der Waals surface area contributed by atoms with Crippen LogP contribution in [0.2, 0.25) is 0 Å². The molecule has 2 aliphatic heterocycles. The molecule has 1 amide bonds. The predicted molar refractivity (Wildman–Crippen MR) is 102 cm³/mol. The molecule has 2 aromatic carbocycles. The highest BCUT2D eigenvalue weighted by Gasteiger charge is 2.50. The number of piperidine rings is 1. The van der Waals surface area contributed by atoms with Crippen molar-refractivity contribution in [3.8, 4) is 0 Å². The van der Waals surface area contributed by atoms with Crippen LogP contribution in [0, 0.1) is 23.0 Å². The number of carbonyl (C=O) groups is 1. The van der Waals surface area contributed by atoms with Crippen LogP contribution in [0.15, 0.2) is 48.5 Å². The van der Waals surface area contributed by atoms with Crippen molar-refractivity contribution in [2.45, 2.75) is 13.0 Å². The number of nitrogens with zero attached hydrogens (tertiary/aromatic N) is 2. The molecule has 0 aliphatic carbocycles. The molecule has 0 spiro atoms. The zero-order valence-corrected chi connectivity index (χ0v) is 15.7. The van der Waals surface area contributed by atoms with Crippen LogP contribution in [0.25, 0.3) is 0 Å². The maximum Gasteiger partial charge on any atom is 0.256 e. The number of carbonyl (C=O) groups excluding carboxylic acids is 1. The zero-order chi connectivity index (χ0) is 19.7. The molecule has 0 unspecified atom stereocenters. The Balaban J connectivity index is 1.50. The van der Waals surface area contributed by atoms with E-state index in [1.807, 2.05) is 18.2 Å². The molecule has 0 aromatic heterocycles. The first-order chi connectivity index (χ1) is 13.5. The van der Waals surface area contributed by atoms with Crippen molar-refractivity contribution in [3.63, 3.8) is 0 Å². The Morgan fingerprint density at radius 3 is 2.64 bits per heavy atom. The molecule has 6 heteroatoms. The molecule has 2 saturated heterocycles. The van der Waals surface area contributed by atoms with Crippen molar-refractivity contribution in [1.82, 2.24) is 9.80 Å². The first-order valence-corrected chi connectivity index (χ1v) is 9.62. The van der Waals surface area contributed by atoms with Gasteiger partial charge in [-0.15, -0.1) is 0 Å². The fourth-order valence-corrected chi connectivity index (χ4v) is 4.69. The Morgan fingerprint density at radius 2 is 1.93 bits per heavy atom. The Hall–Kier alpha value is -2.31. The van der Waals surface area contributed by atoms with Gasteiger partial charge >= 0.3 is 0 Å². The van der Waals surface area contributed by atoms with Gasteiger partial charge in [0.1, 0.15) is 11.6 Å². The Labute approximate surface area is 163 Å². The fourth-order valence-electron chi connectivity index (χ4n) is 4.69. The van der Waals surface area contributed by atoms with E-state index in [1.165, 1.54) is 11.6 Å². The maximum absolute atomic E-state index is 14.1. The number of benzene rings is 2. The maximum atomic E-state index is 14.1. The molecule has 4 rings (SSSR count). The molecule has 1 N–H and O–H groups in total. The first kappa shape index (κ1) is 19.0. The summed E-state index contributed by atoms with van der Waals surface area (Å²) < 4.78 is 27.2. The highest BCUT2D eigenvalue weighted by atomic mass is 19.1. The lowest BCUT2D eigenvalue weighted by atomic mass is 9.74. The topological polar surface area (TPSA) is 43.8 Å². The van der Waals surface area contributed by atoms with Gasteiger partial charge in [0.15, 0.2) is 0 Å². The summed E-state index contributed by atoms with van der Waals surface area (Å²) in [7, 11) is 0. The van der Waals surface area contributed by atoms with Gasteiger partial charge in [-0.2, -0.15) is 0 Å². The lowest BCUT2D eigenvalue weighted by molar-refractivity contribution is 0.0115. The minimum atomic E-state index is -0.845. The van der Waals surface area contributed by atoms with Crippen molar-refractivity contribution in [2.75, 3.05) is 32.8 Å². The molecule has 28 heavy (non-hydrogen) atoms. The van der Waals surface area contributed by atoms with Crippen LogP contribution in [-0.2, 0) is 6.54 Å². The van der Waals surface area contributed by atoms with E-state index in [9.17, 15) is 18.7 Å². The van der Waals surface area contributed by atoms with Crippen molar-refractivity contribution < 1.29 is 18.7 Å². The predicted octanol–water partition coefficient (Wildman–Crippen LogP) is 2.92. The van der Waals surface area contributed by atoms with Gasteiger partial charge in [0.2, 0.25) is 0 Å². The van der Waals surface area contributed by atoms with E-state index < -0.39 is 23.0 Å². The van der Waals surface area contributed by atoms with Gasteiger partial charge in [-0.25, -0.2) is 8.78 Å². The molecular formula is C22H24F2N2O2. The van der Waals surface area contributed by atoms with Crippen molar-refractivity contribution in [1.29, 1.82) is 0 Å². The molecule has 2 atom stereocenters. The van der Waals surface area contributed by atoms with Crippen LogP contribution in [0.3, 0.4) is 0 Å². The van der Waals surface area contributed by atoms with E-state index in [2.05, 4.69) is 17.0 Å². The summed E-state index contributed by atoms with van der Waals surface area (Å²) in [5, 5.41) is 10.2. The molecule has 148 valence electrons. The normalized spacial score (nSPS) is 25.0. The lowest BCUT2D eigenvalue weighted by Gasteiger charge is -2.43. The second-order valence-electron chi connectivity index (χ2n) is 8.01. The molecule has 2 fully saturated rings. The number of hydrogen-bond acceptors (Lipinski definition) is 3. The van der Waals surface area contributed by atoms with E-state index in [4.69, 9.17) is 0 Å². The van der Waals surface area contributed by atoms with Gasteiger partial charge in [-0.3, -0.25) is 9.69 Å². The smallest absolute Gasteiger partial charge is 0.256 e. The molecule has 0 radical (unpaired) electrons. The summed E-state index contributed by atoms with van der Waals surface area (Å²) >= 11 is 0. The molecule has 0 saturated carbocycles. The zero-order valence-electron chi connectivity index (χ0n) is 15.7. The first-order valence-electron chi connectivity index (χ1n) is 9.62. The largest absolute Gasteiger partial charge is 0.396 e. The van der Waals surface area contributed by atoms with Crippen molar-refractivity contribution >= 4 is 5.91 Å². The summed E-state index contributed by atoms with van der Waals surface area (Å²) in [5.41, 5.74) is 0.696. The van der Waals surface area contributed by atoms with E-state index in [-0.39, 0.29) is 12.2 Å². The number of aliphatic hydroxyl groups excluding tert-OH is 1. The van der Waals surface area contributed by atoms with E-state index in [0.29, 0.717) is 25.6 Å². The summed E-state index contributed by atoms with van der Waals surface area (Å²) in [6.07, 6.45) is 0.764. The van der Waals surface area contributed by atoms with Gasteiger partial charge in [0.25, 0.3) is 5.91 Å². The van der Waals surface area contributed by atoms with Gasteiger partial charge in [0.05, 0.1) is 12.2 Å². The Kier molecular flexibility index (Phi) is 5.17. The fraction of sp³-hybridized carbons (Fsp3) is 0.409. The van der Waals surface area contributed by atoms with E-state index >= 15 is 0 Å². The lowest BCUT2D eigenvalue weighted by Crippen LogP contribution is -2.52. The minimum Gasteiger partial charge on any atom is -0.396 e. The average molecular weight is 386 g/mol. The van der Waals surface area contributed by atoms with Crippen LogP contribution in [0.5, 0.6) is 0 Å². The number of fused-ring (bicyclic) bond motifs is 1. The van der Waals surface area contributed by atoms with E-state index in [1.54, 1.807) is 4.90 Å². The molecular weight excluding hydrogens is 362 g/mol. The van der Waals surface area contributed by atoms with Crippen LogP contribution < -0.4 is 0 Å². The standard InChI is InChI=1S/C22H24F2N2O2/c23-18-6-7-19(20(24)10-18)21(28)26-9-8-17-12-25(13-22(17,14-26)15-27)11-16-4-2-1-3-5-16/h1-7,10,17,27H,8-9,11-15H2/t17-,22-/m0/s1. The third-order valence-electron chi connectivity index (χ3n) is 6.15. The number of amides is 1. The highest BCUT2D eigenvalue weighted by molar-refractivity contribution is 5.94. The number of halogens is 2. The summed E-state index contributed by atoms with van der Waals surface area (Å²) in [4.78, 5) is 16.7. The number of hydrogen-bond donors (Lipinski definition) is 1. The second-order valence-corrected chi connectivity index (χ2v) is 8.01. The Morgan fingerprint density at radius 1 is 1.14 bits per heavy atom. The van der Waals surface area contributed by atoms with Crippen LogP contribution in [-0.4, -0.2) is 53.6 Å². The highest BCUT2D eigenvalue weighted by Crippen LogP contribution is 2.42. The van der Waals surface area contributed by atoms with Crippen molar-refractivity contribution in [3.05, 3.63) is 71.3 Å². The number of aliphatic hydroxyl groups is 1.